The number of rotatable bonds is 6. The summed E-state index contributed by atoms with van der Waals surface area (Å²) in [5.74, 6) is -0.753. The molecule has 0 spiro atoms. The average molecular weight is 302 g/mol. The maximum Gasteiger partial charge on any atom is 0.242 e. The van der Waals surface area contributed by atoms with Gasteiger partial charge in [-0.15, -0.1) is 0 Å². The molecule has 20 heavy (non-hydrogen) atoms. The first-order chi connectivity index (χ1) is 9.38. The van der Waals surface area contributed by atoms with Crippen LogP contribution in [0.4, 0.5) is 4.39 Å². The fourth-order valence-electron chi connectivity index (χ4n) is 1.85. The number of halogens is 2. The second-order valence-electron chi connectivity index (χ2n) is 4.94. The number of nitrogens with one attached hydrogen (secondary N) is 2. The standard InChI is InChI=1S/C14H21ClFN3O/c1-9(17-2)8-18-14(20)13(19(3)4)12-10(15)6-5-7-11(12)16/h5-7,9,13,17H,8H2,1-4H3,(H,18,20). The molecule has 0 saturated heterocycles. The molecule has 6 heteroatoms. The summed E-state index contributed by atoms with van der Waals surface area (Å²) in [7, 11) is 5.25. The topological polar surface area (TPSA) is 44.4 Å². The van der Waals surface area contributed by atoms with Crippen molar-refractivity contribution in [1.29, 1.82) is 0 Å². The number of nitrogens with zero attached hydrogens (tertiary/aromatic N) is 1. The van der Waals surface area contributed by atoms with Crippen LogP contribution in [0.1, 0.15) is 18.5 Å². The fourth-order valence-corrected chi connectivity index (χ4v) is 2.11. The van der Waals surface area contributed by atoms with Crippen LogP contribution < -0.4 is 10.6 Å². The monoisotopic (exact) mass is 301 g/mol. The summed E-state index contributed by atoms with van der Waals surface area (Å²) in [5, 5.41) is 6.07. The summed E-state index contributed by atoms with van der Waals surface area (Å²) >= 11 is 6.04. The van der Waals surface area contributed by atoms with Crippen molar-refractivity contribution < 1.29 is 9.18 Å². The molecule has 1 aromatic carbocycles. The predicted molar refractivity (Wildman–Crippen MR) is 79.4 cm³/mol. The molecule has 0 aliphatic heterocycles. The number of hydrogen-bond acceptors (Lipinski definition) is 3. The van der Waals surface area contributed by atoms with Gasteiger partial charge in [-0.05, 0) is 40.2 Å². The van der Waals surface area contributed by atoms with Gasteiger partial charge in [-0.25, -0.2) is 4.39 Å². The number of hydrogen-bond donors (Lipinski definition) is 2. The Hall–Kier alpha value is -1.17. The van der Waals surface area contributed by atoms with E-state index in [0.29, 0.717) is 6.54 Å². The first-order valence-corrected chi connectivity index (χ1v) is 6.81. The molecule has 1 rings (SSSR count). The van der Waals surface area contributed by atoms with E-state index in [2.05, 4.69) is 10.6 Å². The zero-order valence-electron chi connectivity index (χ0n) is 12.2. The van der Waals surface area contributed by atoms with Crippen LogP contribution in [0.2, 0.25) is 5.02 Å². The number of benzene rings is 1. The molecular weight excluding hydrogens is 281 g/mol. The van der Waals surface area contributed by atoms with Gasteiger partial charge >= 0.3 is 0 Å². The Kier molecular flexibility index (Phi) is 6.39. The molecule has 112 valence electrons. The lowest BCUT2D eigenvalue weighted by Crippen LogP contribution is -2.43. The quantitative estimate of drug-likeness (QED) is 0.842. The fraction of sp³-hybridized carbons (Fsp3) is 0.500. The average Bonchev–Trinajstić information content (AvgIpc) is 2.39. The van der Waals surface area contributed by atoms with Crippen LogP contribution >= 0.6 is 11.6 Å². The molecule has 2 N–H and O–H groups in total. The second kappa shape index (κ2) is 7.57. The molecule has 2 unspecified atom stereocenters. The first kappa shape index (κ1) is 16.9. The molecule has 0 aliphatic rings. The van der Waals surface area contributed by atoms with Gasteiger partial charge in [0, 0.05) is 23.2 Å². The third-order valence-corrected chi connectivity index (χ3v) is 3.44. The van der Waals surface area contributed by atoms with Crippen molar-refractivity contribution in [2.24, 2.45) is 0 Å². The Morgan fingerprint density at radius 3 is 2.60 bits per heavy atom. The third-order valence-electron chi connectivity index (χ3n) is 3.11. The minimum atomic E-state index is -0.757. The molecule has 0 saturated carbocycles. The van der Waals surface area contributed by atoms with Gasteiger partial charge in [0.1, 0.15) is 11.9 Å². The van der Waals surface area contributed by atoms with Crippen LogP contribution in [0.25, 0.3) is 0 Å². The van der Waals surface area contributed by atoms with Gasteiger partial charge in [-0.2, -0.15) is 0 Å². The van der Waals surface area contributed by atoms with Gasteiger partial charge in [0.25, 0.3) is 0 Å². The molecule has 0 aliphatic carbocycles. The lowest BCUT2D eigenvalue weighted by Gasteiger charge is -2.25. The number of likely N-dealkylation sites (N-methyl/N-ethyl adjacent to an activating group) is 2. The van der Waals surface area contributed by atoms with Crippen LogP contribution in [0.3, 0.4) is 0 Å². The largest absolute Gasteiger partial charge is 0.353 e. The number of carbonyl (C=O) groups excluding carboxylic acids is 1. The Morgan fingerprint density at radius 2 is 2.10 bits per heavy atom. The van der Waals surface area contributed by atoms with E-state index in [1.165, 1.54) is 12.1 Å². The smallest absolute Gasteiger partial charge is 0.242 e. The Bertz CT molecular complexity index is 447. The predicted octanol–water partition coefficient (Wildman–Crippen LogP) is 1.81. The van der Waals surface area contributed by atoms with E-state index in [1.807, 2.05) is 14.0 Å². The maximum absolute atomic E-state index is 14.0. The highest BCUT2D eigenvalue weighted by molar-refractivity contribution is 6.31. The van der Waals surface area contributed by atoms with Gasteiger partial charge in [0.15, 0.2) is 0 Å². The summed E-state index contributed by atoms with van der Waals surface area (Å²) < 4.78 is 14.0. The van der Waals surface area contributed by atoms with Crippen molar-refractivity contribution in [1.82, 2.24) is 15.5 Å². The minimum Gasteiger partial charge on any atom is -0.353 e. The van der Waals surface area contributed by atoms with Crippen molar-refractivity contribution in [3.63, 3.8) is 0 Å². The molecule has 1 aromatic rings. The van der Waals surface area contributed by atoms with E-state index in [0.717, 1.165) is 0 Å². The van der Waals surface area contributed by atoms with Crippen LogP contribution in [-0.2, 0) is 4.79 Å². The van der Waals surface area contributed by atoms with E-state index in [4.69, 9.17) is 11.6 Å². The van der Waals surface area contributed by atoms with E-state index >= 15 is 0 Å². The summed E-state index contributed by atoms with van der Waals surface area (Å²) in [5.41, 5.74) is 0.203. The molecule has 2 atom stereocenters. The second-order valence-corrected chi connectivity index (χ2v) is 5.34. The van der Waals surface area contributed by atoms with Crippen LogP contribution in [0, 0.1) is 5.82 Å². The zero-order valence-corrected chi connectivity index (χ0v) is 13.0. The Labute approximate surface area is 124 Å². The molecule has 0 bridgehead atoms. The Balaban J connectivity index is 2.97. The summed E-state index contributed by atoms with van der Waals surface area (Å²) in [6.07, 6.45) is 0. The van der Waals surface area contributed by atoms with Crippen molar-refractivity contribution >= 4 is 17.5 Å². The van der Waals surface area contributed by atoms with Crippen LogP contribution in [-0.4, -0.2) is 44.5 Å². The van der Waals surface area contributed by atoms with E-state index in [1.54, 1.807) is 25.1 Å². The van der Waals surface area contributed by atoms with Crippen molar-refractivity contribution in [3.05, 3.63) is 34.6 Å². The zero-order chi connectivity index (χ0) is 15.3. The van der Waals surface area contributed by atoms with Gasteiger partial charge in [-0.1, -0.05) is 17.7 Å². The van der Waals surface area contributed by atoms with Crippen LogP contribution in [0.15, 0.2) is 18.2 Å². The van der Waals surface area contributed by atoms with Crippen molar-refractivity contribution in [3.8, 4) is 0 Å². The highest BCUT2D eigenvalue weighted by atomic mass is 35.5. The van der Waals surface area contributed by atoms with Gasteiger partial charge in [0.2, 0.25) is 5.91 Å². The molecule has 0 aromatic heterocycles. The molecule has 0 fully saturated rings. The summed E-state index contributed by atoms with van der Waals surface area (Å²) in [6, 6.07) is 3.79. The molecule has 4 nitrogen and oxygen atoms in total. The van der Waals surface area contributed by atoms with Crippen molar-refractivity contribution in [2.45, 2.75) is 19.0 Å². The van der Waals surface area contributed by atoms with Gasteiger partial charge in [0.05, 0.1) is 0 Å². The minimum absolute atomic E-state index is 0.137. The van der Waals surface area contributed by atoms with E-state index in [9.17, 15) is 9.18 Å². The molecule has 1 amide bonds. The van der Waals surface area contributed by atoms with Crippen molar-refractivity contribution in [2.75, 3.05) is 27.7 Å². The lowest BCUT2D eigenvalue weighted by molar-refractivity contribution is -0.125. The normalized spacial score (nSPS) is 14.2. The van der Waals surface area contributed by atoms with Crippen LogP contribution in [0.5, 0.6) is 0 Å². The van der Waals surface area contributed by atoms with E-state index < -0.39 is 11.9 Å². The summed E-state index contributed by atoms with van der Waals surface area (Å²) in [6.45, 7) is 2.41. The Morgan fingerprint density at radius 1 is 1.45 bits per heavy atom. The van der Waals surface area contributed by atoms with E-state index in [-0.39, 0.29) is 22.5 Å². The highest BCUT2D eigenvalue weighted by Crippen LogP contribution is 2.28. The SMILES string of the molecule is CNC(C)CNC(=O)C(c1c(F)cccc1Cl)N(C)C. The van der Waals surface area contributed by atoms with Gasteiger partial charge < -0.3 is 10.6 Å². The maximum atomic E-state index is 14.0. The van der Waals surface area contributed by atoms with Gasteiger partial charge in [-0.3, -0.25) is 9.69 Å². The molecule has 0 radical (unpaired) electrons. The molecular formula is C14H21ClFN3O. The first-order valence-electron chi connectivity index (χ1n) is 6.43. The third kappa shape index (κ3) is 4.16. The lowest BCUT2D eigenvalue weighted by atomic mass is 10.0. The summed E-state index contributed by atoms with van der Waals surface area (Å²) in [4.78, 5) is 13.9. The molecule has 0 heterocycles. The number of carbonyl (C=O) groups is 1. The highest BCUT2D eigenvalue weighted by Gasteiger charge is 2.28. The number of amides is 1.